The lowest BCUT2D eigenvalue weighted by Gasteiger charge is -2.33. The van der Waals surface area contributed by atoms with Crippen LogP contribution in [0, 0.1) is 0 Å². The van der Waals surface area contributed by atoms with E-state index in [2.05, 4.69) is 32.0 Å². The Bertz CT molecular complexity index is 1200. The van der Waals surface area contributed by atoms with Gasteiger partial charge in [-0.25, -0.2) is 9.78 Å². The van der Waals surface area contributed by atoms with Crippen LogP contribution in [0.4, 0.5) is 10.8 Å². The Morgan fingerprint density at radius 2 is 1.85 bits per heavy atom. The molecule has 1 aliphatic heterocycles. The predicted octanol–water partition coefficient (Wildman–Crippen LogP) is 1.81. The summed E-state index contributed by atoms with van der Waals surface area (Å²) in [6.45, 7) is 8.67. The summed E-state index contributed by atoms with van der Waals surface area (Å²) >= 11 is 1.32. The molecule has 10 nitrogen and oxygen atoms in total. The van der Waals surface area contributed by atoms with Gasteiger partial charge in [-0.3, -0.25) is 14.2 Å². The van der Waals surface area contributed by atoms with E-state index in [1.165, 1.54) is 22.2 Å². The molecule has 174 valence electrons. The zero-order valence-electron chi connectivity index (χ0n) is 18.6. The number of thiazole rings is 1. The zero-order chi connectivity index (χ0) is 23.4. The van der Waals surface area contributed by atoms with Crippen molar-refractivity contribution < 1.29 is 14.3 Å². The molecule has 3 aromatic rings. The van der Waals surface area contributed by atoms with Gasteiger partial charge in [-0.05, 0) is 37.7 Å². The number of aromatic nitrogens is 3. The fourth-order valence-electron chi connectivity index (χ4n) is 3.60. The highest BCUT2D eigenvalue weighted by Crippen LogP contribution is 2.26. The quantitative estimate of drug-likeness (QED) is 0.521. The summed E-state index contributed by atoms with van der Waals surface area (Å²) in [6.07, 6.45) is 1.35. The molecule has 1 fully saturated rings. The summed E-state index contributed by atoms with van der Waals surface area (Å²) in [7, 11) is 0. The number of ether oxygens (including phenoxy) is 1. The standard InChI is InChI=1S/C22H26N6O4S/c1-3-26-9-11-27(12-10-26)22-25-19-18(33-22)20(30)28(14-23-19)13-17(29)24-16-7-5-15(6-8-16)21(31)32-4-2/h5-8,14H,3-4,9-13H2,1-2H3,(H,24,29). The zero-order valence-corrected chi connectivity index (χ0v) is 19.4. The van der Waals surface area contributed by atoms with Gasteiger partial charge in [0.1, 0.15) is 17.6 Å². The number of amides is 1. The molecule has 0 spiro atoms. The molecule has 0 saturated carbocycles. The van der Waals surface area contributed by atoms with Crippen molar-refractivity contribution in [3.63, 3.8) is 0 Å². The molecule has 2 aromatic heterocycles. The van der Waals surface area contributed by atoms with Crippen LogP contribution in [-0.4, -0.2) is 70.6 Å². The van der Waals surface area contributed by atoms with Gasteiger partial charge in [-0.2, -0.15) is 4.98 Å². The van der Waals surface area contributed by atoms with E-state index >= 15 is 0 Å². The number of hydrogen-bond acceptors (Lipinski definition) is 9. The molecular weight excluding hydrogens is 444 g/mol. The molecule has 1 amide bonds. The first kappa shape index (κ1) is 22.9. The van der Waals surface area contributed by atoms with Crippen molar-refractivity contribution >= 4 is 44.4 Å². The number of esters is 1. The molecule has 1 aliphatic rings. The Morgan fingerprint density at radius 3 is 2.52 bits per heavy atom. The highest BCUT2D eigenvalue weighted by molar-refractivity contribution is 7.22. The number of benzene rings is 1. The van der Waals surface area contributed by atoms with Crippen LogP contribution in [-0.2, 0) is 16.1 Å². The number of anilines is 2. The van der Waals surface area contributed by atoms with Crippen LogP contribution in [0.5, 0.6) is 0 Å². The second-order valence-electron chi connectivity index (χ2n) is 7.59. The average Bonchev–Trinajstić information content (AvgIpc) is 3.27. The molecule has 0 aliphatic carbocycles. The second-order valence-corrected chi connectivity index (χ2v) is 8.57. The summed E-state index contributed by atoms with van der Waals surface area (Å²) in [5.74, 6) is -0.792. The van der Waals surface area contributed by atoms with Crippen molar-refractivity contribution in [1.29, 1.82) is 0 Å². The molecule has 0 radical (unpaired) electrons. The maximum Gasteiger partial charge on any atom is 0.338 e. The van der Waals surface area contributed by atoms with E-state index in [1.54, 1.807) is 31.2 Å². The number of piperazine rings is 1. The molecule has 4 rings (SSSR count). The van der Waals surface area contributed by atoms with Crippen molar-refractivity contribution in [3.05, 3.63) is 46.5 Å². The SMILES string of the molecule is CCOC(=O)c1ccc(NC(=O)Cn2cnc3nc(N4CCN(CC)CC4)sc3c2=O)cc1. The Morgan fingerprint density at radius 1 is 1.12 bits per heavy atom. The van der Waals surface area contributed by atoms with Crippen LogP contribution in [0.3, 0.4) is 0 Å². The first-order valence-corrected chi connectivity index (χ1v) is 11.7. The van der Waals surface area contributed by atoms with Crippen LogP contribution in [0.2, 0.25) is 0 Å². The van der Waals surface area contributed by atoms with E-state index in [0.29, 0.717) is 28.2 Å². The van der Waals surface area contributed by atoms with E-state index < -0.39 is 5.97 Å². The van der Waals surface area contributed by atoms with Crippen LogP contribution >= 0.6 is 11.3 Å². The van der Waals surface area contributed by atoms with Gasteiger partial charge in [0.2, 0.25) is 5.91 Å². The van der Waals surface area contributed by atoms with E-state index in [0.717, 1.165) is 37.9 Å². The smallest absolute Gasteiger partial charge is 0.338 e. The van der Waals surface area contributed by atoms with Crippen LogP contribution in [0.15, 0.2) is 35.4 Å². The summed E-state index contributed by atoms with van der Waals surface area (Å²) in [5, 5.41) is 3.51. The van der Waals surface area contributed by atoms with Crippen molar-refractivity contribution in [2.75, 3.05) is 49.5 Å². The van der Waals surface area contributed by atoms with E-state index in [-0.39, 0.29) is 18.0 Å². The molecule has 1 saturated heterocycles. The third kappa shape index (κ3) is 5.20. The maximum absolute atomic E-state index is 12.9. The maximum atomic E-state index is 12.9. The van der Waals surface area contributed by atoms with Crippen LogP contribution in [0.1, 0.15) is 24.2 Å². The van der Waals surface area contributed by atoms with Gasteiger partial charge >= 0.3 is 5.97 Å². The third-order valence-electron chi connectivity index (χ3n) is 5.46. The Balaban J connectivity index is 1.43. The van der Waals surface area contributed by atoms with Crippen molar-refractivity contribution in [2.24, 2.45) is 0 Å². The minimum absolute atomic E-state index is 0.177. The molecule has 3 heterocycles. The second kappa shape index (κ2) is 10.1. The number of rotatable bonds is 7. The highest BCUT2D eigenvalue weighted by Gasteiger charge is 2.21. The minimum atomic E-state index is -0.419. The summed E-state index contributed by atoms with van der Waals surface area (Å²) in [5.41, 5.74) is 1.03. The number of carbonyl (C=O) groups excluding carboxylic acids is 2. The molecular formula is C22H26N6O4S. The summed E-state index contributed by atoms with van der Waals surface area (Å²) in [6, 6.07) is 6.38. The van der Waals surface area contributed by atoms with Crippen LogP contribution in [0.25, 0.3) is 10.3 Å². The number of fused-ring (bicyclic) bond motifs is 1. The lowest BCUT2D eigenvalue weighted by Crippen LogP contribution is -2.46. The first-order valence-electron chi connectivity index (χ1n) is 10.9. The molecule has 1 aromatic carbocycles. The molecule has 11 heteroatoms. The largest absolute Gasteiger partial charge is 0.462 e. The number of nitrogens with zero attached hydrogens (tertiary/aromatic N) is 5. The lowest BCUT2D eigenvalue weighted by atomic mass is 10.2. The van der Waals surface area contributed by atoms with Crippen molar-refractivity contribution in [3.8, 4) is 0 Å². The van der Waals surface area contributed by atoms with Gasteiger partial charge < -0.3 is 19.9 Å². The number of hydrogen-bond donors (Lipinski definition) is 1. The van der Waals surface area contributed by atoms with Gasteiger partial charge in [0.25, 0.3) is 5.56 Å². The fraction of sp³-hybridized carbons (Fsp3) is 0.409. The van der Waals surface area contributed by atoms with Gasteiger partial charge in [0.05, 0.1) is 12.2 Å². The normalized spacial score (nSPS) is 14.4. The van der Waals surface area contributed by atoms with E-state index in [1.807, 2.05) is 0 Å². The Labute approximate surface area is 194 Å². The molecule has 1 N–H and O–H groups in total. The summed E-state index contributed by atoms with van der Waals surface area (Å²) < 4.78 is 6.67. The number of carbonyl (C=O) groups is 2. The van der Waals surface area contributed by atoms with Crippen molar-refractivity contribution in [1.82, 2.24) is 19.4 Å². The molecule has 33 heavy (non-hydrogen) atoms. The Kier molecular flexibility index (Phi) is 6.99. The molecule has 0 atom stereocenters. The number of nitrogens with one attached hydrogen (secondary N) is 1. The minimum Gasteiger partial charge on any atom is -0.462 e. The third-order valence-corrected chi connectivity index (χ3v) is 6.55. The molecule has 0 unspecified atom stereocenters. The van der Waals surface area contributed by atoms with Crippen LogP contribution < -0.4 is 15.8 Å². The average molecular weight is 471 g/mol. The van der Waals surface area contributed by atoms with E-state index in [4.69, 9.17) is 4.74 Å². The van der Waals surface area contributed by atoms with E-state index in [9.17, 15) is 14.4 Å². The van der Waals surface area contributed by atoms with Gasteiger partial charge in [0.15, 0.2) is 10.8 Å². The number of likely N-dealkylation sites (N-methyl/N-ethyl adjacent to an activating group) is 1. The first-order chi connectivity index (χ1) is 16.0. The van der Waals surface area contributed by atoms with Crippen molar-refractivity contribution in [2.45, 2.75) is 20.4 Å². The summed E-state index contributed by atoms with van der Waals surface area (Å²) in [4.78, 5) is 50.5. The van der Waals surface area contributed by atoms with Gasteiger partial charge in [0, 0.05) is 31.9 Å². The predicted molar refractivity (Wildman–Crippen MR) is 127 cm³/mol. The molecule has 0 bridgehead atoms. The fourth-order valence-corrected chi connectivity index (χ4v) is 4.62. The monoisotopic (exact) mass is 470 g/mol. The highest BCUT2D eigenvalue weighted by atomic mass is 32.1. The Hall–Kier alpha value is -3.31. The topological polar surface area (TPSA) is 110 Å². The van der Waals surface area contributed by atoms with Gasteiger partial charge in [-0.15, -0.1) is 0 Å². The van der Waals surface area contributed by atoms with Gasteiger partial charge in [-0.1, -0.05) is 18.3 Å². The lowest BCUT2D eigenvalue weighted by molar-refractivity contribution is -0.116.